The summed E-state index contributed by atoms with van der Waals surface area (Å²) in [6.07, 6.45) is 1.82. The fraction of sp³-hybridized carbons (Fsp3) is 0.600. The summed E-state index contributed by atoms with van der Waals surface area (Å²) in [5, 5.41) is -0.151. The Hall–Kier alpha value is -0.650. The van der Waals surface area contributed by atoms with Crippen molar-refractivity contribution in [1.29, 1.82) is 0 Å². The van der Waals surface area contributed by atoms with Crippen molar-refractivity contribution in [2.75, 3.05) is 20.6 Å². The lowest BCUT2D eigenvalue weighted by Crippen LogP contribution is -2.29. The van der Waals surface area contributed by atoms with E-state index in [0.717, 1.165) is 28.0 Å². The molecule has 0 radical (unpaired) electrons. The van der Waals surface area contributed by atoms with Crippen LogP contribution in [0.1, 0.15) is 38.0 Å². The fourth-order valence-corrected chi connectivity index (χ4v) is 3.02. The summed E-state index contributed by atoms with van der Waals surface area (Å²) < 4.78 is 3.14. The van der Waals surface area contributed by atoms with Crippen LogP contribution in [0.5, 0.6) is 0 Å². The van der Waals surface area contributed by atoms with Gasteiger partial charge in [0.25, 0.3) is 0 Å². The van der Waals surface area contributed by atoms with E-state index in [9.17, 15) is 0 Å². The molecule has 2 unspecified atom stereocenters. The molecule has 0 aromatic carbocycles. The van der Waals surface area contributed by atoms with Gasteiger partial charge in [-0.15, -0.1) is 11.6 Å². The molecule has 21 heavy (non-hydrogen) atoms. The van der Waals surface area contributed by atoms with Gasteiger partial charge in [0.1, 0.15) is 11.3 Å². The second-order valence-electron chi connectivity index (χ2n) is 6.03. The minimum Gasteiger partial charge on any atom is -0.307 e. The van der Waals surface area contributed by atoms with E-state index < -0.39 is 0 Å². The van der Waals surface area contributed by atoms with Crippen molar-refractivity contribution in [3.63, 3.8) is 0 Å². The lowest BCUT2D eigenvalue weighted by Gasteiger charge is -2.28. The minimum atomic E-state index is -0.151. The molecule has 4 nitrogen and oxygen atoms in total. The molecular formula is C15H22BrClN4. The third-order valence-electron chi connectivity index (χ3n) is 3.53. The molecule has 0 aliphatic rings. The molecule has 2 aromatic heterocycles. The van der Waals surface area contributed by atoms with Crippen molar-refractivity contribution >= 4 is 38.7 Å². The summed E-state index contributed by atoms with van der Waals surface area (Å²) in [5.41, 5.74) is 1.79. The van der Waals surface area contributed by atoms with E-state index >= 15 is 0 Å². The van der Waals surface area contributed by atoms with Crippen LogP contribution < -0.4 is 0 Å². The summed E-state index contributed by atoms with van der Waals surface area (Å²) in [6, 6.07) is 2.28. The Bertz CT molecular complexity index is 621. The number of pyridine rings is 1. The first kappa shape index (κ1) is 16.7. The maximum atomic E-state index is 6.37. The average Bonchev–Trinajstić information content (AvgIpc) is 2.73. The quantitative estimate of drug-likeness (QED) is 0.735. The molecular weight excluding hydrogens is 352 g/mol. The predicted octanol–water partition coefficient (Wildman–Crippen LogP) is 4.25. The van der Waals surface area contributed by atoms with E-state index in [4.69, 9.17) is 16.6 Å². The van der Waals surface area contributed by atoms with Gasteiger partial charge in [-0.1, -0.05) is 13.8 Å². The highest BCUT2D eigenvalue weighted by molar-refractivity contribution is 9.10. The van der Waals surface area contributed by atoms with Gasteiger partial charge in [-0.3, -0.25) is 0 Å². The smallest absolute Gasteiger partial charge is 0.160 e. The Morgan fingerprint density at radius 2 is 2.00 bits per heavy atom. The highest BCUT2D eigenvalue weighted by Gasteiger charge is 2.25. The summed E-state index contributed by atoms with van der Waals surface area (Å²) in [4.78, 5) is 11.5. The Morgan fingerprint density at radius 3 is 2.52 bits per heavy atom. The zero-order chi connectivity index (χ0) is 15.7. The van der Waals surface area contributed by atoms with Crippen molar-refractivity contribution in [3.05, 3.63) is 22.6 Å². The number of aromatic nitrogens is 3. The number of rotatable bonds is 5. The van der Waals surface area contributed by atoms with E-state index in [0.29, 0.717) is 5.92 Å². The zero-order valence-electron chi connectivity index (χ0n) is 13.1. The second-order valence-corrected chi connectivity index (χ2v) is 7.60. The molecule has 0 saturated carbocycles. The standard InChI is InChI=1S/C15H22BrClN4/c1-9(2)13(8-20(4)5)21-14(10(3)17)19-12-6-11(16)7-18-15(12)21/h6-7,9-10,13H,8H2,1-5H3. The van der Waals surface area contributed by atoms with Gasteiger partial charge in [0.15, 0.2) is 5.65 Å². The van der Waals surface area contributed by atoms with Crippen molar-refractivity contribution in [3.8, 4) is 0 Å². The van der Waals surface area contributed by atoms with Gasteiger partial charge in [-0.05, 0) is 48.9 Å². The third-order valence-corrected chi connectivity index (χ3v) is 4.16. The Balaban J connectivity index is 2.65. The van der Waals surface area contributed by atoms with E-state index in [-0.39, 0.29) is 11.4 Å². The number of alkyl halides is 1. The zero-order valence-corrected chi connectivity index (χ0v) is 15.5. The number of likely N-dealkylation sites (N-methyl/N-ethyl adjacent to an activating group) is 1. The van der Waals surface area contributed by atoms with E-state index in [1.165, 1.54) is 0 Å². The monoisotopic (exact) mass is 372 g/mol. The molecule has 2 atom stereocenters. The molecule has 0 bridgehead atoms. The first-order valence-corrected chi connectivity index (χ1v) is 8.36. The molecule has 0 saturated heterocycles. The van der Waals surface area contributed by atoms with Crippen molar-refractivity contribution in [2.24, 2.45) is 5.92 Å². The summed E-state index contributed by atoms with van der Waals surface area (Å²) in [7, 11) is 4.17. The second kappa shape index (κ2) is 6.63. The molecule has 0 fully saturated rings. The van der Waals surface area contributed by atoms with E-state index in [1.807, 2.05) is 19.2 Å². The van der Waals surface area contributed by atoms with Crippen LogP contribution >= 0.6 is 27.5 Å². The predicted molar refractivity (Wildman–Crippen MR) is 91.9 cm³/mol. The average molecular weight is 374 g/mol. The van der Waals surface area contributed by atoms with Crippen molar-refractivity contribution < 1.29 is 0 Å². The molecule has 116 valence electrons. The van der Waals surface area contributed by atoms with Crippen molar-refractivity contribution in [2.45, 2.75) is 32.2 Å². The molecule has 2 aromatic rings. The van der Waals surface area contributed by atoms with Crippen LogP contribution in [0.25, 0.3) is 11.2 Å². The van der Waals surface area contributed by atoms with Gasteiger partial charge in [-0.25, -0.2) is 9.97 Å². The van der Waals surface area contributed by atoms with Gasteiger partial charge in [0, 0.05) is 17.2 Å². The molecule has 0 spiro atoms. The third kappa shape index (κ3) is 3.58. The lowest BCUT2D eigenvalue weighted by molar-refractivity contribution is 0.268. The molecule has 0 aliphatic heterocycles. The van der Waals surface area contributed by atoms with Gasteiger partial charge in [-0.2, -0.15) is 0 Å². The lowest BCUT2D eigenvalue weighted by atomic mass is 10.0. The number of halogens is 2. The molecule has 2 heterocycles. The van der Waals surface area contributed by atoms with Crippen LogP contribution in [0.3, 0.4) is 0 Å². The highest BCUT2D eigenvalue weighted by atomic mass is 79.9. The number of fused-ring (bicyclic) bond motifs is 1. The van der Waals surface area contributed by atoms with Gasteiger partial charge in [0.2, 0.25) is 0 Å². The Kier molecular flexibility index (Phi) is 5.28. The van der Waals surface area contributed by atoms with Gasteiger partial charge < -0.3 is 9.47 Å². The minimum absolute atomic E-state index is 0.151. The summed E-state index contributed by atoms with van der Waals surface area (Å²) >= 11 is 9.83. The van der Waals surface area contributed by atoms with Crippen LogP contribution in [-0.4, -0.2) is 40.1 Å². The molecule has 2 rings (SSSR count). The van der Waals surface area contributed by atoms with Crippen LogP contribution in [-0.2, 0) is 0 Å². The Labute approximate surface area is 139 Å². The first-order valence-electron chi connectivity index (χ1n) is 7.13. The maximum absolute atomic E-state index is 6.37. The number of imidazole rings is 1. The first-order chi connectivity index (χ1) is 9.81. The summed E-state index contributed by atoms with van der Waals surface area (Å²) in [5.74, 6) is 1.35. The van der Waals surface area contributed by atoms with Crippen LogP contribution in [0.4, 0.5) is 0 Å². The molecule has 0 amide bonds. The van der Waals surface area contributed by atoms with Crippen LogP contribution in [0.15, 0.2) is 16.7 Å². The van der Waals surface area contributed by atoms with Crippen LogP contribution in [0.2, 0.25) is 0 Å². The molecule has 0 aliphatic carbocycles. The van der Waals surface area contributed by atoms with E-state index in [1.54, 1.807) is 0 Å². The number of hydrogen-bond acceptors (Lipinski definition) is 3. The fourth-order valence-electron chi connectivity index (χ4n) is 2.55. The highest BCUT2D eigenvalue weighted by Crippen LogP contribution is 2.31. The maximum Gasteiger partial charge on any atom is 0.160 e. The van der Waals surface area contributed by atoms with E-state index in [2.05, 4.69) is 58.3 Å². The van der Waals surface area contributed by atoms with Crippen LogP contribution in [0, 0.1) is 5.92 Å². The number of hydrogen-bond donors (Lipinski definition) is 0. The molecule has 6 heteroatoms. The number of nitrogens with zero attached hydrogens (tertiary/aromatic N) is 4. The normalized spacial score (nSPS) is 15.1. The molecule has 0 N–H and O–H groups in total. The van der Waals surface area contributed by atoms with Crippen molar-refractivity contribution in [1.82, 2.24) is 19.4 Å². The topological polar surface area (TPSA) is 34.0 Å². The van der Waals surface area contributed by atoms with Gasteiger partial charge in [0.05, 0.1) is 11.4 Å². The Morgan fingerprint density at radius 1 is 1.33 bits per heavy atom. The summed E-state index contributed by atoms with van der Waals surface area (Å²) in [6.45, 7) is 7.34. The largest absolute Gasteiger partial charge is 0.307 e. The van der Waals surface area contributed by atoms with Gasteiger partial charge >= 0.3 is 0 Å². The SMILES string of the molecule is CC(Cl)c1nc2cc(Br)cnc2n1C(CN(C)C)C(C)C.